The molecule has 0 radical (unpaired) electrons. The molecular weight excluding hydrogens is 359 g/mol. The van der Waals surface area contributed by atoms with Gasteiger partial charge in [0.25, 0.3) is 0 Å². The molecule has 1 aliphatic heterocycles. The number of nitrogens with zero attached hydrogens (tertiary/aromatic N) is 4. The SMILES string of the molecule is Cc1ccc(C2=NN(C(=O)N[C@H](C)c3cnc(C(F)(F)F)nc3)CC2)cc1. The van der Waals surface area contributed by atoms with Crippen molar-refractivity contribution >= 4 is 11.7 Å². The summed E-state index contributed by atoms with van der Waals surface area (Å²) in [4.78, 5) is 19.0. The molecule has 6 nitrogen and oxygen atoms in total. The Hall–Kier alpha value is -2.97. The van der Waals surface area contributed by atoms with Gasteiger partial charge in [0.1, 0.15) is 0 Å². The third-order valence-corrected chi connectivity index (χ3v) is 4.19. The molecule has 3 rings (SSSR count). The zero-order chi connectivity index (χ0) is 19.6. The number of halogens is 3. The molecule has 0 aliphatic carbocycles. The molecule has 0 saturated carbocycles. The van der Waals surface area contributed by atoms with Crippen LogP contribution in [0.15, 0.2) is 41.8 Å². The highest BCUT2D eigenvalue weighted by Crippen LogP contribution is 2.26. The van der Waals surface area contributed by atoms with Crippen LogP contribution >= 0.6 is 0 Å². The molecule has 1 aromatic heterocycles. The highest BCUT2D eigenvalue weighted by molar-refractivity contribution is 6.02. The molecule has 0 unspecified atom stereocenters. The van der Waals surface area contributed by atoms with Crippen molar-refractivity contribution in [1.82, 2.24) is 20.3 Å². The fraction of sp³-hybridized carbons (Fsp3) is 0.333. The molecule has 0 spiro atoms. The first-order valence-corrected chi connectivity index (χ1v) is 8.36. The lowest BCUT2D eigenvalue weighted by Crippen LogP contribution is -2.37. The van der Waals surface area contributed by atoms with Crippen molar-refractivity contribution in [3.05, 3.63) is 59.2 Å². The first-order chi connectivity index (χ1) is 12.7. The van der Waals surface area contributed by atoms with Gasteiger partial charge < -0.3 is 5.32 Å². The van der Waals surface area contributed by atoms with E-state index in [0.29, 0.717) is 18.5 Å². The summed E-state index contributed by atoms with van der Waals surface area (Å²) < 4.78 is 37.6. The lowest BCUT2D eigenvalue weighted by atomic mass is 10.1. The second kappa shape index (κ2) is 7.34. The topological polar surface area (TPSA) is 70.5 Å². The van der Waals surface area contributed by atoms with Gasteiger partial charge in [-0.25, -0.2) is 19.8 Å². The first kappa shape index (κ1) is 18.8. The number of aryl methyl sites for hydroxylation is 1. The number of urea groups is 1. The van der Waals surface area contributed by atoms with Gasteiger partial charge in [0, 0.05) is 24.4 Å². The van der Waals surface area contributed by atoms with Crippen molar-refractivity contribution in [3.8, 4) is 0 Å². The summed E-state index contributed by atoms with van der Waals surface area (Å²) in [5.74, 6) is -1.21. The van der Waals surface area contributed by atoms with Gasteiger partial charge in [0.15, 0.2) is 0 Å². The normalized spacial score (nSPS) is 15.4. The van der Waals surface area contributed by atoms with Gasteiger partial charge in [-0.3, -0.25) is 0 Å². The Bertz CT molecular complexity index is 847. The highest BCUT2D eigenvalue weighted by Gasteiger charge is 2.34. The van der Waals surface area contributed by atoms with Gasteiger partial charge in [-0.2, -0.15) is 18.3 Å². The minimum absolute atomic E-state index is 0.373. The van der Waals surface area contributed by atoms with Crippen LogP contribution in [0.2, 0.25) is 0 Å². The molecule has 0 bridgehead atoms. The van der Waals surface area contributed by atoms with Crippen LogP contribution in [0.1, 0.15) is 41.9 Å². The van der Waals surface area contributed by atoms with Gasteiger partial charge in [0.05, 0.1) is 18.3 Å². The minimum Gasteiger partial charge on any atom is -0.330 e. The average Bonchev–Trinajstić information content (AvgIpc) is 3.12. The molecule has 0 saturated heterocycles. The van der Waals surface area contributed by atoms with Crippen LogP contribution in [0.25, 0.3) is 0 Å². The number of benzene rings is 1. The monoisotopic (exact) mass is 377 g/mol. The fourth-order valence-corrected chi connectivity index (χ4v) is 2.60. The smallest absolute Gasteiger partial charge is 0.330 e. The Morgan fingerprint density at radius 3 is 2.41 bits per heavy atom. The van der Waals surface area contributed by atoms with Crippen LogP contribution in [0.3, 0.4) is 0 Å². The summed E-state index contributed by atoms with van der Waals surface area (Å²) >= 11 is 0. The molecule has 9 heteroatoms. The number of hydrogen-bond acceptors (Lipinski definition) is 4. The van der Waals surface area contributed by atoms with E-state index in [2.05, 4.69) is 20.4 Å². The van der Waals surface area contributed by atoms with E-state index in [4.69, 9.17) is 0 Å². The summed E-state index contributed by atoms with van der Waals surface area (Å²) in [5, 5.41) is 8.35. The second-order valence-electron chi connectivity index (χ2n) is 6.29. The lowest BCUT2D eigenvalue weighted by molar-refractivity contribution is -0.145. The summed E-state index contributed by atoms with van der Waals surface area (Å²) in [5.41, 5.74) is 3.29. The number of hydrazone groups is 1. The van der Waals surface area contributed by atoms with Crippen molar-refractivity contribution in [2.75, 3.05) is 6.54 Å². The standard InChI is InChI=1S/C18H18F3N5O/c1-11-3-5-13(6-4-11)15-7-8-26(25-15)17(27)24-12(2)14-9-22-16(23-10-14)18(19,20)21/h3-6,9-10,12H,7-8H2,1-2H3,(H,24,27)/t12-/m1/s1. The van der Waals surface area contributed by atoms with Crippen LogP contribution in [0.5, 0.6) is 0 Å². The lowest BCUT2D eigenvalue weighted by Gasteiger charge is -2.18. The maximum absolute atomic E-state index is 12.5. The Morgan fingerprint density at radius 2 is 1.81 bits per heavy atom. The number of nitrogens with one attached hydrogen (secondary N) is 1. The van der Waals surface area contributed by atoms with E-state index in [9.17, 15) is 18.0 Å². The molecule has 27 heavy (non-hydrogen) atoms. The van der Waals surface area contributed by atoms with Gasteiger partial charge >= 0.3 is 12.2 Å². The van der Waals surface area contributed by atoms with Crippen molar-refractivity contribution in [2.45, 2.75) is 32.5 Å². The zero-order valence-corrected chi connectivity index (χ0v) is 14.8. The van der Waals surface area contributed by atoms with Crippen molar-refractivity contribution < 1.29 is 18.0 Å². The zero-order valence-electron chi connectivity index (χ0n) is 14.8. The van der Waals surface area contributed by atoms with Crippen LogP contribution in [0.4, 0.5) is 18.0 Å². The van der Waals surface area contributed by atoms with E-state index in [1.165, 1.54) is 5.01 Å². The number of rotatable bonds is 3. The molecule has 1 N–H and O–H groups in total. The highest BCUT2D eigenvalue weighted by atomic mass is 19.4. The third-order valence-electron chi connectivity index (χ3n) is 4.19. The number of amides is 2. The Balaban J connectivity index is 1.64. The Kier molecular flexibility index (Phi) is 5.11. The fourth-order valence-electron chi connectivity index (χ4n) is 2.60. The number of carbonyl (C=O) groups excluding carboxylic acids is 1. The molecule has 2 amide bonds. The Morgan fingerprint density at radius 1 is 1.19 bits per heavy atom. The second-order valence-corrected chi connectivity index (χ2v) is 6.29. The Labute approximate surface area is 154 Å². The van der Waals surface area contributed by atoms with Crippen molar-refractivity contribution in [1.29, 1.82) is 0 Å². The van der Waals surface area contributed by atoms with E-state index >= 15 is 0 Å². The summed E-state index contributed by atoms with van der Waals surface area (Å²) in [6.07, 6.45) is -1.84. The molecule has 1 aromatic carbocycles. The van der Waals surface area contributed by atoms with Crippen LogP contribution in [-0.4, -0.2) is 33.3 Å². The summed E-state index contributed by atoms with van der Waals surface area (Å²) in [6.45, 7) is 4.07. The van der Waals surface area contributed by atoms with Crippen LogP contribution in [0, 0.1) is 6.92 Å². The molecular formula is C18H18F3N5O. The number of carbonyl (C=O) groups is 1. The number of hydrogen-bond donors (Lipinski definition) is 1. The number of aromatic nitrogens is 2. The van der Waals surface area contributed by atoms with E-state index in [1.807, 2.05) is 31.2 Å². The predicted octanol–water partition coefficient (Wildman–Crippen LogP) is 3.68. The van der Waals surface area contributed by atoms with E-state index in [1.54, 1.807) is 6.92 Å². The van der Waals surface area contributed by atoms with Crippen LogP contribution in [-0.2, 0) is 6.18 Å². The summed E-state index contributed by atoms with van der Waals surface area (Å²) in [7, 11) is 0. The predicted molar refractivity (Wildman–Crippen MR) is 93.0 cm³/mol. The molecule has 1 aliphatic rings. The van der Waals surface area contributed by atoms with Gasteiger partial charge in [0.2, 0.25) is 5.82 Å². The largest absolute Gasteiger partial charge is 0.451 e. The molecule has 0 fully saturated rings. The third kappa shape index (κ3) is 4.42. The first-order valence-electron chi connectivity index (χ1n) is 8.36. The summed E-state index contributed by atoms with van der Waals surface area (Å²) in [6, 6.07) is 6.89. The van der Waals surface area contributed by atoms with Crippen molar-refractivity contribution in [3.63, 3.8) is 0 Å². The average molecular weight is 377 g/mol. The molecule has 1 atom stereocenters. The van der Waals surface area contributed by atoms with Crippen LogP contribution < -0.4 is 5.32 Å². The van der Waals surface area contributed by atoms with Gasteiger partial charge in [-0.05, 0) is 19.4 Å². The number of alkyl halides is 3. The maximum Gasteiger partial charge on any atom is 0.451 e. The maximum atomic E-state index is 12.5. The van der Waals surface area contributed by atoms with E-state index in [-0.39, 0.29) is 0 Å². The van der Waals surface area contributed by atoms with Gasteiger partial charge in [-0.1, -0.05) is 29.8 Å². The van der Waals surface area contributed by atoms with Gasteiger partial charge in [-0.15, -0.1) is 0 Å². The van der Waals surface area contributed by atoms with E-state index in [0.717, 1.165) is 29.2 Å². The van der Waals surface area contributed by atoms with Crippen molar-refractivity contribution in [2.24, 2.45) is 5.10 Å². The minimum atomic E-state index is -4.60. The molecule has 2 aromatic rings. The quantitative estimate of drug-likeness (QED) is 0.887. The molecule has 142 valence electrons. The van der Waals surface area contributed by atoms with E-state index < -0.39 is 24.1 Å². The molecule has 2 heterocycles.